The second-order valence-electron chi connectivity index (χ2n) is 14.7. The Morgan fingerprint density at radius 3 is 0.971 bits per heavy atom. The average molecular weight is 483 g/mol. The van der Waals surface area contributed by atoms with Crippen LogP contribution in [0.5, 0.6) is 11.5 Å². The van der Waals surface area contributed by atoms with E-state index in [1.807, 2.05) is 26.0 Å². The topological polar surface area (TPSA) is 64.5 Å². The van der Waals surface area contributed by atoms with Crippen LogP contribution in [0.3, 0.4) is 0 Å². The molecule has 0 atom stereocenters. The molecule has 0 aliphatic carbocycles. The maximum absolute atomic E-state index is 11.3. The molecule has 0 bridgehead atoms. The molecule has 0 aliphatic rings. The molecule has 2 aromatic rings. The minimum atomic E-state index is -0.660. The zero-order valence-corrected chi connectivity index (χ0v) is 24.7. The standard InChI is InChI=1S/C31H50N2O2/c1-27(2,3)19-15-21(29(7,8)9)25(34)23(17-19)32-31(13,14)33-24-18-20(28(4,5)6)16-22(26(24)35)30(10,11)12/h15-18,32-35H,1-14H3. The van der Waals surface area contributed by atoms with Crippen molar-refractivity contribution in [3.63, 3.8) is 0 Å². The first-order valence-electron chi connectivity index (χ1n) is 12.8. The van der Waals surface area contributed by atoms with E-state index in [-0.39, 0.29) is 33.2 Å². The van der Waals surface area contributed by atoms with Gasteiger partial charge < -0.3 is 20.8 Å². The van der Waals surface area contributed by atoms with Crippen LogP contribution >= 0.6 is 0 Å². The minimum Gasteiger partial charge on any atom is -0.505 e. The molecule has 4 heteroatoms. The van der Waals surface area contributed by atoms with Crippen molar-refractivity contribution in [2.24, 2.45) is 0 Å². The average Bonchev–Trinajstić information content (AvgIpc) is 2.60. The fourth-order valence-electron chi connectivity index (χ4n) is 4.17. The summed E-state index contributed by atoms with van der Waals surface area (Å²) in [4.78, 5) is 0. The summed E-state index contributed by atoms with van der Waals surface area (Å²) in [5.41, 5.74) is 4.30. The molecule has 0 aromatic heterocycles. The van der Waals surface area contributed by atoms with Gasteiger partial charge in [0.2, 0.25) is 0 Å². The molecule has 4 nitrogen and oxygen atoms in total. The zero-order chi connectivity index (χ0) is 27.4. The van der Waals surface area contributed by atoms with Gasteiger partial charge in [-0.1, -0.05) is 95.2 Å². The van der Waals surface area contributed by atoms with E-state index in [1.165, 1.54) is 0 Å². The Morgan fingerprint density at radius 2 is 0.743 bits per heavy atom. The predicted octanol–water partition coefficient (Wildman–Crippen LogP) is 8.55. The third-order valence-electron chi connectivity index (χ3n) is 6.46. The van der Waals surface area contributed by atoms with E-state index in [2.05, 4.69) is 106 Å². The van der Waals surface area contributed by atoms with Crippen molar-refractivity contribution in [1.29, 1.82) is 0 Å². The van der Waals surface area contributed by atoms with E-state index < -0.39 is 5.66 Å². The highest BCUT2D eigenvalue weighted by atomic mass is 16.3. The highest BCUT2D eigenvalue weighted by Crippen LogP contribution is 2.43. The van der Waals surface area contributed by atoms with Crippen molar-refractivity contribution in [3.05, 3.63) is 46.5 Å². The van der Waals surface area contributed by atoms with Crippen LogP contribution in [-0.2, 0) is 21.7 Å². The van der Waals surface area contributed by atoms with Gasteiger partial charge >= 0.3 is 0 Å². The molecule has 0 unspecified atom stereocenters. The molecule has 2 aromatic carbocycles. The highest BCUT2D eigenvalue weighted by Gasteiger charge is 2.30. The predicted molar refractivity (Wildman–Crippen MR) is 152 cm³/mol. The van der Waals surface area contributed by atoms with E-state index in [4.69, 9.17) is 0 Å². The Kier molecular flexibility index (Phi) is 7.38. The molecule has 0 radical (unpaired) electrons. The number of benzene rings is 2. The lowest BCUT2D eigenvalue weighted by Crippen LogP contribution is -2.40. The lowest BCUT2D eigenvalue weighted by atomic mass is 9.79. The number of anilines is 2. The second-order valence-corrected chi connectivity index (χ2v) is 14.7. The van der Waals surface area contributed by atoms with Gasteiger partial charge in [0.25, 0.3) is 0 Å². The van der Waals surface area contributed by atoms with Gasteiger partial charge in [0.1, 0.15) is 17.2 Å². The first-order chi connectivity index (χ1) is 15.4. The molecule has 0 amide bonds. The van der Waals surface area contributed by atoms with E-state index >= 15 is 0 Å². The monoisotopic (exact) mass is 482 g/mol. The van der Waals surface area contributed by atoms with Crippen LogP contribution in [0.4, 0.5) is 11.4 Å². The van der Waals surface area contributed by atoms with Crippen molar-refractivity contribution in [1.82, 2.24) is 0 Å². The fraction of sp³-hybridized carbons (Fsp3) is 0.613. The molecule has 0 aliphatic heterocycles. The molecule has 0 saturated heterocycles. The van der Waals surface area contributed by atoms with E-state index in [0.717, 1.165) is 22.3 Å². The van der Waals surface area contributed by atoms with E-state index in [9.17, 15) is 10.2 Å². The maximum Gasteiger partial charge on any atom is 0.142 e. The van der Waals surface area contributed by atoms with Crippen LogP contribution in [0.1, 0.15) is 119 Å². The Bertz CT molecular complexity index is 984. The zero-order valence-electron chi connectivity index (χ0n) is 24.7. The molecule has 0 spiro atoms. The van der Waals surface area contributed by atoms with Gasteiger partial charge in [-0.2, -0.15) is 0 Å². The smallest absolute Gasteiger partial charge is 0.142 e. The molecular formula is C31H50N2O2. The summed E-state index contributed by atoms with van der Waals surface area (Å²) >= 11 is 0. The Hall–Kier alpha value is -2.36. The molecule has 4 N–H and O–H groups in total. The molecule has 35 heavy (non-hydrogen) atoms. The first-order valence-corrected chi connectivity index (χ1v) is 12.8. The number of nitrogens with one attached hydrogen (secondary N) is 2. The Morgan fingerprint density at radius 1 is 0.457 bits per heavy atom. The number of rotatable bonds is 4. The third-order valence-corrected chi connectivity index (χ3v) is 6.46. The lowest BCUT2D eigenvalue weighted by molar-refractivity contribution is 0.442. The van der Waals surface area contributed by atoms with Gasteiger partial charge in [-0.25, -0.2) is 0 Å². The molecule has 0 saturated carbocycles. The summed E-state index contributed by atoms with van der Waals surface area (Å²) in [6.07, 6.45) is 0. The number of phenolic OH excluding ortho intramolecular Hbond substituents is 2. The van der Waals surface area contributed by atoms with Crippen molar-refractivity contribution < 1.29 is 10.2 Å². The second kappa shape index (κ2) is 8.94. The third kappa shape index (κ3) is 6.86. The Labute approximate surface area is 214 Å². The number of phenols is 2. The number of hydrogen-bond donors (Lipinski definition) is 4. The van der Waals surface area contributed by atoms with Crippen molar-refractivity contribution in [2.75, 3.05) is 10.6 Å². The quantitative estimate of drug-likeness (QED) is 0.260. The van der Waals surface area contributed by atoms with Crippen molar-refractivity contribution in [3.8, 4) is 11.5 Å². The van der Waals surface area contributed by atoms with Gasteiger partial charge in [-0.15, -0.1) is 0 Å². The van der Waals surface area contributed by atoms with Gasteiger partial charge in [-0.05, 0) is 58.8 Å². The summed E-state index contributed by atoms with van der Waals surface area (Å²) in [5.74, 6) is 0.534. The largest absolute Gasteiger partial charge is 0.505 e. The number of hydrogen-bond acceptors (Lipinski definition) is 4. The Balaban J connectivity index is 2.61. The SMILES string of the molecule is CC(C)(Nc1cc(C(C)(C)C)cc(C(C)(C)C)c1O)Nc1cc(C(C)(C)C)cc(C(C)(C)C)c1O. The van der Waals surface area contributed by atoms with E-state index in [0.29, 0.717) is 11.4 Å². The minimum absolute atomic E-state index is 0.0668. The molecule has 2 rings (SSSR count). The van der Waals surface area contributed by atoms with Crippen molar-refractivity contribution in [2.45, 2.75) is 124 Å². The van der Waals surface area contributed by atoms with Crippen LogP contribution in [0.15, 0.2) is 24.3 Å². The van der Waals surface area contributed by atoms with Gasteiger partial charge in [-0.3, -0.25) is 0 Å². The van der Waals surface area contributed by atoms with Gasteiger partial charge in [0.05, 0.1) is 11.4 Å². The van der Waals surface area contributed by atoms with Gasteiger partial charge in [0.15, 0.2) is 0 Å². The molecule has 196 valence electrons. The summed E-state index contributed by atoms with van der Waals surface area (Å²) in [5, 5.41) is 29.6. The van der Waals surface area contributed by atoms with Crippen LogP contribution in [0.2, 0.25) is 0 Å². The van der Waals surface area contributed by atoms with Crippen LogP contribution in [0, 0.1) is 0 Å². The van der Waals surface area contributed by atoms with Crippen molar-refractivity contribution >= 4 is 11.4 Å². The maximum atomic E-state index is 11.3. The first kappa shape index (κ1) is 28.9. The summed E-state index contributed by atoms with van der Waals surface area (Å²) < 4.78 is 0. The van der Waals surface area contributed by atoms with Crippen LogP contribution in [-0.4, -0.2) is 15.9 Å². The molecule has 0 fully saturated rings. The summed E-state index contributed by atoms with van der Waals surface area (Å²) in [6.45, 7) is 29.8. The summed E-state index contributed by atoms with van der Waals surface area (Å²) in [6, 6.07) is 8.32. The normalized spacial score (nSPS) is 13.7. The summed E-state index contributed by atoms with van der Waals surface area (Å²) in [7, 11) is 0. The van der Waals surface area contributed by atoms with E-state index in [1.54, 1.807) is 0 Å². The fourth-order valence-corrected chi connectivity index (χ4v) is 4.17. The van der Waals surface area contributed by atoms with Gasteiger partial charge in [0, 0.05) is 11.1 Å². The van der Waals surface area contributed by atoms with Crippen LogP contribution < -0.4 is 10.6 Å². The number of aromatic hydroxyl groups is 2. The highest BCUT2D eigenvalue weighted by molar-refractivity contribution is 5.68. The molecule has 0 heterocycles. The molecular weight excluding hydrogens is 432 g/mol. The van der Waals surface area contributed by atoms with Crippen LogP contribution in [0.25, 0.3) is 0 Å². The lowest BCUT2D eigenvalue weighted by Gasteiger charge is -2.35.